The minimum absolute atomic E-state index is 0. The third-order valence-electron chi connectivity index (χ3n) is 6.36. The summed E-state index contributed by atoms with van der Waals surface area (Å²) in [6, 6.07) is 0. The molecule has 0 aliphatic heterocycles. The Kier molecular flexibility index (Phi) is 4.62. The van der Waals surface area contributed by atoms with Crippen LogP contribution in [0.4, 0.5) is 13.2 Å². The largest absolute Gasteiger partial charge is 0.554 e. The van der Waals surface area contributed by atoms with E-state index in [1.807, 2.05) is 0 Å². The maximum Gasteiger partial charge on any atom is 0.294 e. The van der Waals surface area contributed by atoms with Gasteiger partial charge in [0.15, 0.2) is 0 Å². The van der Waals surface area contributed by atoms with E-state index >= 15 is 0 Å². The van der Waals surface area contributed by atoms with Gasteiger partial charge in [0.2, 0.25) is 0 Å². The van der Waals surface area contributed by atoms with Crippen molar-refractivity contribution in [2.45, 2.75) is 38.3 Å². The molecule has 4 aliphatic rings. The van der Waals surface area contributed by atoms with Gasteiger partial charge in [0, 0.05) is 0 Å². The van der Waals surface area contributed by atoms with Crippen LogP contribution in [0.3, 0.4) is 0 Å². The molecule has 4 saturated carbocycles. The first kappa shape index (κ1) is 21.1. The van der Waals surface area contributed by atoms with E-state index in [1.165, 1.54) is 19.3 Å². The predicted molar refractivity (Wildman–Crippen MR) is 63.0 cm³/mol. The van der Waals surface area contributed by atoms with Crippen molar-refractivity contribution >= 4 is 0 Å². The van der Waals surface area contributed by atoms with Crippen molar-refractivity contribution < 1.29 is 18.3 Å². The van der Waals surface area contributed by atoms with E-state index in [-0.39, 0.29) is 12.3 Å². The number of rotatable bonds is 2. The Bertz CT molecular complexity index is 398. The van der Waals surface area contributed by atoms with Crippen LogP contribution >= 0.6 is 0 Å². The predicted octanol–water partition coefficient (Wildman–Crippen LogP) is 3.98. The fraction of sp³-hybridized carbons (Fsp3) is 0.867. The van der Waals surface area contributed by atoms with Gasteiger partial charge in [-0.2, -0.15) is 11.8 Å². The first-order chi connectivity index (χ1) is 8.95. The molecular formula is C15H19F3ORf5-2. The van der Waals surface area contributed by atoms with Crippen LogP contribution in [0, 0.1) is 54.0 Å². The Morgan fingerprint density at radius 3 is 2.00 bits per heavy atom. The Hall–Kier alpha value is -5.25. The average molecular weight is 1610 g/mol. The minimum Gasteiger partial charge on any atom is -0.554 e. The molecule has 1 nitrogen and oxygen atoms in total. The number of aliphatic hydroxyl groups is 1. The molecule has 7 unspecified atom stereocenters. The molecule has 0 aromatic carbocycles. The number of halogens is 3. The van der Waals surface area contributed by atoms with Gasteiger partial charge in [-0.15, -0.1) is 6.42 Å². The second-order valence-electron chi connectivity index (χ2n) is 7.07. The van der Waals surface area contributed by atoms with Crippen LogP contribution in [-0.2, 0) is 0 Å². The smallest absolute Gasteiger partial charge is 0.294 e. The number of alkyl halides is 3. The summed E-state index contributed by atoms with van der Waals surface area (Å²) in [4.78, 5) is 0. The van der Waals surface area contributed by atoms with Gasteiger partial charge in [0.1, 0.15) is 0 Å². The van der Waals surface area contributed by atoms with Gasteiger partial charge >= 0.3 is 0 Å². The van der Waals surface area contributed by atoms with Gasteiger partial charge in [-0.1, -0.05) is 30.3 Å². The average Bonchev–Trinajstić information content (AvgIpc) is 3.05. The van der Waals surface area contributed by atoms with Crippen LogP contribution < -0.4 is 0 Å². The van der Waals surface area contributed by atoms with Crippen LogP contribution in [0.1, 0.15) is 32.1 Å². The van der Waals surface area contributed by atoms with Crippen molar-refractivity contribution in [1.29, 1.82) is 0 Å². The topological polar surface area (TPSA) is 20.2 Å². The molecule has 4 rings (SSSR count). The van der Waals surface area contributed by atoms with E-state index in [2.05, 4.69) is 6.42 Å². The molecule has 24 heavy (non-hydrogen) atoms. The molecule has 4 aliphatic carbocycles. The zero-order chi connectivity index (χ0) is 13.4. The van der Waals surface area contributed by atoms with Gasteiger partial charge in [-0.3, -0.25) is 0 Å². The first-order valence-electron chi connectivity index (χ1n) is 7.42. The minimum atomic E-state index is -4.53. The summed E-state index contributed by atoms with van der Waals surface area (Å²) in [5.74, 6) is 3.94. The summed E-state index contributed by atoms with van der Waals surface area (Å²) in [5.41, 5.74) is 0. The SMILES string of the molecule is O[C-](CC1CC2[CH-]C1C1C3CCC(C3)C21)C(F)(F)F.[Rf].[Rf].[Rf].[Rf].[Rf]. The summed E-state index contributed by atoms with van der Waals surface area (Å²) in [7, 11) is 0. The Morgan fingerprint density at radius 1 is 0.917 bits per heavy atom. The van der Waals surface area contributed by atoms with Crippen LogP contribution in [0.25, 0.3) is 0 Å². The van der Waals surface area contributed by atoms with E-state index in [0.29, 0.717) is 17.8 Å². The van der Waals surface area contributed by atoms with Crippen LogP contribution in [0.15, 0.2) is 0 Å². The van der Waals surface area contributed by atoms with Gasteiger partial charge in [-0.25, -0.2) is 13.2 Å². The second-order valence-corrected chi connectivity index (χ2v) is 7.07. The molecule has 9 heteroatoms. The van der Waals surface area contributed by atoms with Crippen molar-refractivity contribution in [2.24, 2.45) is 41.4 Å². The molecule has 0 radical (unpaired) electrons. The van der Waals surface area contributed by atoms with Crippen LogP contribution in [-0.4, -0.2) is 11.3 Å². The fourth-order valence-electron chi connectivity index (χ4n) is 5.93. The van der Waals surface area contributed by atoms with Crippen molar-refractivity contribution in [3.63, 3.8) is 0 Å². The fourth-order valence-corrected chi connectivity index (χ4v) is 5.93. The Labute approximate surface area is 111 Å². The molecule has 0 spiro atoms. The van der Waals surface area contributed by atoms with Crippen molar-refractivity contribution in [2.75, 3.05) is 0 Å². The molecule has 0 aromatic rings. The van der Waals surface area contributed by atoms with E-state index < -0.39 is 12.3 Å². The molecule has 4 bridgehead atoms. The summed E-state index contributed by atoms with van der Waals surface area (Å²) >= 11 is 0. The molecule has 4 fully saturated rings. The molecule has 1 N–H and O–H groups in total. The van der Waals surface area contributed by atoms with Gasteiger partial charge in [0.05, 0.1) is 0 Å². The molecule has 0 aromatic heterocycles. The zero-order valence-corrected chi connectivity index (χ0v) is 46.3. The zero-order valence-electron chi connectivity index (χ0n) is 14.3. The van der Waals surface area contributed by atoms with Crippen LogP contribution in [0.2, 0.25) is 0 Å². The number of hydrogen-bond donors (Lipinski definition) is 1. The van der Waals surface area contributed by atoms with E-state index in [9.17, 15) is 18.3 Å². The van der Waals surface area contributed by atoms with Crippen molar-refractivity contribution in [3.05, 3.63) is 12.5 Å². The third-order valence-corrected chi connectivity index (χ3v) is 6.36. The summed E-state index contributed by atoms with van der Waals surface area (Å²) in [6.07, 6.45) is 1.19. The molecule has 0 amide bonds. The molecule has 7 atom stereocenters. The van der Waals surface area contributed by atoms with Crippen LogP contribution in [0.5, 0.6) is 0 Å². The normalized spacial score (nSPS) is 40.6. The summed E-state index contributed by atoms with van der Waals surface area (Å²) in [5, 5.41) is 9.22. The Balaban J connectivity index is 0. The van der Waals surface area contributed by atoms with Gasteiger partial charge < -0.3 is 11.5 Å². The van der Waals surface area contributed by atoms with Crippen molar-refractivity contribution in [3.8, 4) is 0 Å². The first-order valence-corrected chi connectivity index (χ1v) is 7.42. The van der Waals surface area contributed by atoms with E-state index in [0.717, 1.165) is 24.2 Å². The van der Waals surface area contributed by atoms with Crippen molar-refractivity contribution in [1.82, 2.24) is 0 Å². The summed E-state index contributed by atoms with van der Waals surface area (Å²) in [6.45, 7) is 0. The molecule has 118 valence electrons. The summed E-state index contributed by atoms with van der Waals surface area (Å²) < 4.78 is 37.4. The third kappa shape index (κ3) is 1.99. The standard InChI is InChI=1S/C15H19F3O.5Rf/c16-15(17,18)12(19)6-9-4-10-5-11(9)14-8-2-1-7(3-8)13(10)14;;;;;/h5,7-11,13-14,19H,1-4,6H2;;;;;/q-2;;;;;. The molecular weight excluding hydrogens is 1590 g/mol. The number of hydrogen-bond acceptors (Lipinski definition) is 1. The van der Waals surface area contributed by atoms with E-state index in [4.69, 9.17) is 0 Å². The maximum absolute atomic E-state index is 12.5. The maximum atomic E-state index is 12.5. The Morgan fingerprint density at radius 2 is 1.46 bits per heavy atom. The quantitative estimate of drug-likeness (QED) is 0.329. The number of fused-ring (bicyclic) bond motifs is 9. The molecule has 0 heterocycles. The number of aliphatic hydroxyl groups excluding tert-OH is 1. The molecule has 0 saturated heterocycles. The van der Waals surface area contributed by atoms with E-state index in [1.54, 1.807) is 0 Å². The second kappa shape index (κ2) is 5.27. The monoisotopic (exact) mass is 1610 g/mol. The van der Waals surface area contributed by atoms with Gasteiger partial charge in [-0.05, 0) is 31.1 Å². The van der Waals surface area contributed by atoms with Gasteiger partial charge in [0.25, 0.3) is 6.18 Å².